The van der Waals surface area contributed by atoms with Gasteiger partial charge in [0.2, 0.25) is 5.82 Å². The van der Waals surface area contributed by atoms with E-state index in [0.717, 1.165) is 18.2 Å². The number of rotatable bonds is 5. The van der Waals surface area contributed by atoms with Gasteiger partial charge in [0, 0.05) is 16.2 Å². The zero-order valence-corrected chi connectivity index (χ0v) is 15.8. The van der Waals surface area contributed by atoms with E-state index in [1.54, 1.807) is 0 Å². The number of nitrogens with zero attached hydrogens (tertiary/aromatic N) is 1. The van der Waals surface area contributed by atoms with Gasteiger partial charge in [-0.15, -0.1) is 0 Å². The molecule has 0 fully saturated rings. The zero-order valence-electron chi connectivity index (χ0n) is 12.7. The van der Waals surface area contributed by atoms with E-state index < -0.39 is 34.9 Å². The van der Waals surface area contributed by atoms with Crippen LogP contribution in [0.3, 0.4) is 0 Å². The third-order valence-electron chi connectivity index (χ3n) is 3.01. The van der Waals surface area contributed by atoms with Crippen LogP contribution in [0.15, 0.2) is 39.3 Å². The van der Waals surface area contributed by atoms with Gasteiger partial charge in [0.15, 0.2) is 6.61 Å². The van der Waals surface area contributed by atoms with Gasteiger partial charge in [-0.05, 0) is 40.2 Å². The molecule has 0 radical (unpaired) electrons. The van der Waals surface area contributed by atoms with Crippen molar-refractivity contribution in [3.05, 3.63) is 60.8 Å². The summed E-state index contributed by atoms with van der Waals surface area (Å²) in [6.45, 7) is -0.715. The van der Waals surface area contributed by atoms with Gasteiger partial charge >= 0.3 is 11.7 Å². The molecule has 0 aliphatic heterocycles. The first-order valence-electron chi connectivity index (χ1n) is 6.78. The minimum atomic E-state index is -1.05. The van der Waals surface area contributed by atoms with Crippen molar-refractivity contribution in [3.63, 3.8) is 0 Å². The van der Waals surface area contributed by atoms with Gasteiger partial charge in [0.25, 0.3) is 5.91 Å². The van der Waals surface area contributed by atoms with Gasteiger partial charge in [-0.2, -0.15) is 4.39 Å². The Morgan fingerprint density at radius 2 is 1.96 bits per heavy atom. The molecular weight excluding hydrogens is 483 g/mol. The standard InChI is InChI=1S/C15H9Br2FN2O6/c16-7-3-9(14(22)10(17)4-7)15(23)26-6-13(21)19-8-1-2-11(18)12(5-8)20(24)25/h1-5,22H,6H2,(H,19,21). The molecule has 0 unspecified atom stereocenters. The van der Waals surface area contributed by atoms with Crippen molar-refractivity contribution < 1.29 is 28.7 Å². The lowest BCUT2D eigenvalue weighted by atomic mass is 10.2. The number of nitrogens with one attached hydrogen (secondary N) is 1. The third-order valence-corrected chi connectivity index (χ3v) is 4.07. The van der Waals surface area contributed by atoms with Crippen LogP contribution in [0.2, 0.25) is 0 Å². The van der Waals surface area contributed by atoms with Crippen LogP contribution in [0.4, 0.5) is 15.8 Å². The van der Waals surface area contributed by atoms with Crippen molar-refractivity contribution in [3.8, 4) is 5.75 Å². The molecule has 0 bridgehead atoms. The first-order chi connectivity index (χ1) is 12.2. The summed E-state index contributed by atoms with van der Waals surface area (Å²) in [5.74, 6) is -3.15. The molecule has 11 heteroatoms. The number of halogens is 3. The van der Waals surface area contributed by atoms with E-state index in [4.69, 9.17) is 4.74 Å². The average Bonchev–Trinajstić information content (AvgIpc) is 2.57. The highest BCUT2D eigenvalue weighted by Gasteiger charge is 2.19. The Hall–Kier alpha value is -2.53. The molecule has 1 amide bonds. The normalized spacial score (nSPS) is 10.3. The first-order valence-corrected chi connectivity index (χ1v) is 8.36. The van der Waals surface area contributed by atoms with E-state index in [9.17, 15) is 29.2 Å². The van der Waals surface area contributed by atoms with Gasteiger partial charge in [0.1, 0.15) is 11.3 Å². The van der Waals surface area contributed by atoms with Crippen molar-refractivity contribution in [1.29, 1.82) is 0 Å². The Bertz CT molecular complexity index is 906. The quantitative estimate of drug-likeness (QED) is 0.373. The Kier molecular flexibility index (Phi) is 6.27. The van der Waals surface area contributed by atoms with Gasteiger partial charge in [-0.3, -0.25) is 14.9 Å². The van der Waals surface area contributed by atoms with Gasteiger partial charge < -0.3 is 15.2 Å². The summed E-state index contributed by atoms with van der Waals surface area (Å²) in [4.78, 5) is 33.5. The monoisotopic (exact) mass is 490 g/mol. The minimum absolute atomic E-state index is 0.0350. The number of nitro benzene ring substituents is 1. The van der Waals surface area contributed by atoms with Crippen LogP contribution in [0.5, 0.6) is 5.75 Å². The topological polar surface area (TPSA) is 119 Å². The molecule has 0 spiro atoms. The molecule has 136 valence electrons. The number of benzene rings is 2. The smallest absolute Gasteiger partial charge is 0.342 e. The third kappa shape index (κ3) is 4.76. The highest BCUT2D eigenvalue weighted by molar-refractivity contribution is 9.11. The summed E-state index contributed by atoms with van der Waals surface area (Å²) >= 11 is 6.21. The van der Waals surface area contributed by atoms with Crippen LogP contribution < -0.4 is 5.32 Å². The molecule has 0 saturated carbocycles. The second kappa shape index (κ2) is 8.23. The lowest BCUT2D eigenvalue weighted by Crippen LogP contribution is -2.21. The van der Waals surface area contributed by atoms with Crippen LogP contribution in [-0.4, -0.2) is 28.5 Å². The maximum atomic E-state index is 13.2. The summed E-state index contributed by atoms with van der Waals surface area (Å²) < 4.78 is 18.8. The molecule has 0 aromatic heterocycles. The molecule has 0 atom stereocenters. The lowest BCUT2D eigenvalue weighted by molar-refractivity contribution is -0.387. The molecule has 0 aliphatic rings. The van der Waals surface area contributed by atoms with Crippen molar-refractivity contribution in [2.45, 2.75) is 0 Å². The summed E-state index contributed by atoms with van der Waals surface area (Å²) in [5.41, 5.74) is -1.01. The Balaban J connectivity index is 2.02. The number of phenols is 1. The number of amides is 1. The largest absolute Gasteiger partial charge is 0.506 e. The number of phenolic OH excluding ortho intramolecular Hbond substituents is 1. The van der Waals surface area contributed by atoms with Crippen molar-refractivity contribution in [2.75, 3.05) is 11.9 Å². The van der Waals surface area contributed by atoms with Crippen LogP contribution in [0.1, 0.15) is 10.4 Å². The molecule has 0 aliphatic carbocycles. The molecule has 0 saturated heterocycles. The van der Waals surface area contributed by atoms with Gasteiger partial charge in [-0.1, -0.05) is 15.9 Å². The Morgan fingerprint density at radius 3 is 2.62 bits per heavy atom. The average molecular weight is 492 g/mol. The van der Waals surface area contributed by atoms with E-state index in [2.05, 4.69) is 37.2 Å². The number of ether oxygens (including phenoxy) is 1. The lowest BCUT2D eigenvalue weighted by Gasteiger charge is -2.09. The number of nitro groups is 1. The number of carbonyl (C=O) groups excluding carboxylic acids is 2. The highest BCUT2D eigenvalue weighted by Crippen LogP contribution is 2.32. The van der Waals surface area contributed by atoms with Crippen molar-refractivity contribution >= 4 is 55.1 Å². The van der Waals surface area contributed by atoms with Crippen molar-refractivity contribution in [1.82, 2.24) is 0 Å². The maximum Gasteiger partial charge on any atom is 0.342 e. The summed E-state index contributed by atoms with van der Waals surface area (Å²) in [7, 11) is 0. The van der Waals surface area contributed by atoms with Crippen LogP contribution in [-0.2, 0) is 9.53 Å². The number of anilines is 1. The fourth-order valence-corrected chi connectivity index (χ4v) is 3.08. The summed E-state index contributed by atoms with van der Waals surface area (Å²) in [6, 6.07) is 5.62. The van der Waals surface area contributed by atoms with Crippen LogP contribution in [0.25, 0.3) is 0 Å². The van der Waals surface area contributed by atoms with E-state index in [1.807, 2.05) is 0 Å². The summed E-state index contributed by atoms with van der Waals surface area (Å²) in [6.07, 6.45) is 0. The first kappa shape index (κ1) is 19.8. The Labute approximate surface area is 162 Å². The zero-order chi connectivity index (χ0) is 19.4. The molecule has 0 heterocycles. The molecule has 2 N–H and O–H groups in total. The fourth-order valence-electron chi connectivity index (χ4n) is 1.86. The van der Waals surface area contributed by atoms with Crippen molar-refractivity contribution in [2.24, 2.45) is 0 Å². The maximum absolute atomic E-state index is 13.2. The fraction of sp³-hybridized carbons (Fsp3) is 0.0667. The second-order valence-electron chi connectivity index (χ2n) is 4.83. The number of esters is 1. The highest BCUT2D eigenvalue weighted by atomic mass is 79.9. The minimum Gasteiger partial charge on any atom is -0.506 e. The predicted octanol–water partition coefficient (Wildman–Crippen LogP) is 3.76. The molecule has 2 rings (SSSR count). The van der Waals surface area contributed by atoms with E-state index in [-0.39, 0.29) is 21.5 Å². The number of hydrogen-bond donors (Lipinski definition) is 2. The SMILES string of the molecule is O=C(COC(=O)c1cc(Br)cc(Br)c1O)Nc1ccc(F)c([N+](=O)[O-])c1. The van der Waals surface area contributed by atoms with Crippen LogP contribution >= 0.6 is 31.9 Å². The Morgan fingerprint density at radius 1 is 1.27 bits per heavy atom. The number of hydrogen-bond acceptors (Lipinski definition) is 6. The molecular formula is C15H9Br2FN2O6. The second-order valence-corrected chi connectivity index (χ2v) is 6.60. The molecule has 26 heavy (non-hydrogen) atoms. The van der Waals surface area contributed by atoms with E-state index >= 15 is 0 Å². The van der Waals surface area contributed by atoms with Crippen LogP contribution in [0, 0.1) is 15.9 Å². The molecule has 8 nitrogen and oxygen atoms in total. The van der Waals surface area contributed by atoms with Gasteiger partial charge in [0.05, 0.1) is 9.40 Å². The number of aromatic hydroxyl groups is 1. The number of carbonyl (C=O) groups is 2. The molecule has 2 aromatic rings. The van der Waals surface area contributed by atoms with E-state index in [0.29, 0.717) is 4.47 Å². The van der Waals surface area contributed by atoms with Gasteiger partial charge in [-0.25, -0.2) is 4.79 Å². The molecule has 2 aromatic carbocycles. The predicted molar refractivity (Wildman–Crippen MR) is 95.5 cm³/mol. The summed E-state index contributed by atoms with van der Waals surface area (Å²) in [5, 5.41) is 22.7. The van der Waals surface area contributed by atoms with E-state index in [1.165, 1.54) is 12.1 Å².